The third-order valence-corrected chi connectivity index (χ3v) is 7.85. The zero-order valence-electron chi connectivity index (χ0n) is 23.2. The highest BCUT2D eigenvalue weighted by molar-refractivity contribution is 6.09. The van der Waals surface area contributed by atoms with Gasteiger partial charge in [-0.3, -0.25) is 4.98 Å². The number of fused-ring (bicyclic) bond motifs is 3. The summed E-state index contributed by atoms with van der Waals surface area (Å²) in [6, 6.07) is 47.9. The summed E-state index contributed by atoms with van der Waals surface area (Å²) in [6.45, 7) is 0. The van der Waals surface area contributed by atoms with Crippen LogP contribution in [0, 0.1) is 0 Å². The van der Waals surface area contributed by atoms with E-state index in [1.165, 1.54) is 11.1 Å². The molecule has 0 spiro atoms. The van der Waals surface area contributed by atoms with Gasteiger partial charge in [-0.05, 0) is 41.0 Å². The third kappa shape index (κ3) is 4.65. The summed E-state index contributed by atoms with van der Waals surface area (Å²) >= 11 is 0. The van der Waals surface area contributed by atoms with Crippen molar-refractivity contribution in [3.8, 4) is 56.2 Å². The molecule has 0 N–H and O–H groups in total. The monoisotopic (exact) mass is 551 g/mol. The van der Waals surface area contributed by atoms with Gasteiger partial charge < -0.3 is 4.42 Å². The molecule has 0 aliphatic heterocycles. The van der Waals surface area contributed by atoms with Crippen LogP contribution in [0.5, 0.6) is 0 Å². The predicted molar refractivity (Wildman–Crippen MR) is 174 cm³/mol. The Balaban J connectivity index is 1.20. The molecule has 0 radical (unpaired) electrons. The fraction of sp³-hybridized carbons (Fsp3) is 0. The first-order valence-electron chi connectivity index (χ1n) is 14.3. The van der Waals surface area contributed by atoms with Gasteiger partial charge in [-0.2, -0.15) is 0 Å². The van der Waals surface area contributed by atoms with Gasteiger partial charge in [0.05, 0.1) is 11.4 Å². The van der Waals surface area contributed by atoms with E-state index in [0.29, 0.717) is 5.82 Å². The molecule has 5 aromatic carbocycles. The van der Waals surface area contributed by atoms with Gasteiger partial charge in [-0.25, -0.2) is 9.97 Å². The van der Waals surface area contributed by atoms with E-state index in [0.717, 1.165) is 61.1 Å². The summed E-state index contributed by atoms with van der Waals surface area (Å²) in [5, 5.41) is 2.25. The van der Waals surface area contributed by atoms with Crippen molar-refractivity contribution in [2.75, 3.05) is 0 Å². The number of benzene rings is 5. The molecule has 43 heavy (non-hydrogen) atoms. The first-order valence-corrected chi connectivity index (χ1v) is 14.3. The Kier molecular flexibility index (Phi) is 6.08. The lowest BCUT2D eigenvalue weighted by Gasteiger charge is -2.11. The molecule has 0 unspecified atom stereocenters. The van der Waals surface area contributed by atoms with Crippen LogP contribution in [-0.2, 0) is 0 Å². The zero-order chi connectivity index (χ0) is 28.6. The van der Waals surface area contributed by atoms with Crippen molar-refractivity contribution in [1.82, 2.24) is 15.0 Å². The van der Waals surface area contributed by atoms with Crippen molar-refractivity contribution in [2.24, 2.45) is 0 Å². The minimum Gasteiger partial charge on any atom is -0.455 e. The van der Waals surface area contributed by atoms with Gasteiger partial charge in [0.1, 0.15) is 11.2 Å². The summed E-state index contributed by atoms with van der Waals surface area (Å²) < 4.78 is 6.29. The summed E-state index contributed by atoms with van der Waals surface area (Å²) in [5.74, 6) is 0.665. The molecule has 0 atom stereocenters. The van der Waals surface area contributed by atoms with Crippen LogP contribution >= 0.6 is 0 Å². The molecule has 8 rings (SSSR count). The number of para-hydroxylation sites is 2. The highest BCUT2D eigenvalue weighted by Crippen LogP contribution is 2.36. The largest absolute Gasteiger partial charge is 0.455 e. The summed E-state index contributed by atoms with van der Waals surface area (Å²) in [4.78, 5) is 14.1. The molecule has 3 heterocycles. The van der Waals surface area contributed by atoms with Crippen LogP contribution < -0.4 is 0 Å². The molecule has 0 fully saturated rings. The first-order chi connectivity index (χ1) is 21.3. The quantitative estimate of drug-likeness (QED) is 0.214. The smallest absolute Gasteiger partial charge is 0.160 e. The number of nitrogens with zero attached hydrogens (tertiary/aromatic N) is 3. The maximum absolute atomic E-state index is 6.29. The van der Waals surface area contributed by atoms with E-state index in [9.17, 15) is 0 Å². The van der Waals surface area contributed by atoms with Crippen LogP contribution in [0.4, 0.5) is 0 Å². The second-order valence-corrected chi connectivity index (χ2v) is 10.5. The third-order valence-electron chi connectivity index (χ3n) is 7.85. The fourth-order valence-corrected chi connectivity index (χ4v) is 5.63. The molecule has 0 amide bonds. The van der Waals surface area contributed by atoms with Crippen LogP contribution in [0.15, 0.2) is 156 Å². The van der Waals surface area contributed by atoms with Gasteiger partial charge in [0, 0.05) is 45.4 Å². The summed E-state index contributed by atoms with van der Waals surface area (Å²) in [7, 11) is 0. The molecule has 3 aromatic heterocycles. The Morgan fingerprint density at radius 1 is 0.419 bits per heavy atom. The van der Waals surface area contributed by atoms with Gasteiger partial charge in [0.2, 0.25) is 0 Å². The van der Waals surface area contributed by atoms with Gasteiger partial charge in [0.15, 0.2) is 5.82 Å². The van der Waals surface area contributed by atoms with Gasteiger partial charge >= 0.3 is 0 Å². The topological polar surface area (TPSA) is 51.8 Å². The Morgan fingerprint density at radius 3 is 1.72 bits per heavy atom. The van der Waals surface area contributed by atoms with Crippen molar-refractivity contribution < 1.29 is 4.42 Å². The second kappa shape index (κ2) is 10.5. The van der Waals surface area contributed by atoms with E-state index in [4.69, 9.17) is 14.4 Å². The van der Waals surface area contributed by atoms with Crippen molar-refractivity contribution in [3.63, 3.8) is 0 Å². The molecule has 202 valence electrons. The standard InChI is InChI=1S/C39H25N3O/c1-2-7-26(8-3-1)27-13-17-29(18-14-27)35-25-36(42-39(41-35)31-21-23-40-24-22-31)30-19-15-28(16-20-30)32-10-6-11-34-33-9-4-5-12-37(33)43-38(32)34/h1-25H. The second-order valence-electron chi connectivity index (χ2n) is 10.5. The molecular weight excluding hydrogens is 526 g/mol. The average Bonchev–Trinajstić information content (AvgIpc) is 3.48. The maximum atomic E-state index is 6.29. The fourth-order valence-electron chi connectivity index (χ4n) is 5.63. The van der Waals surface area contributed by atoms with Crippen molar-refractivity contribution in [1.29, 1.82) is 0 Å². The first kappa shape index (κ1) is 24.9. The van der Waals surface area contributed by atoms with Crippen molar-refractivity contribution in [3.05, 3.63) is 152 Å². The molecule has 8 aromatic rings. The number of rotatable bonds is 5. The molecule has 0 bridgehead atoms. The minimum atomic E-state index is 0.665. The molecular formula is C39H25N3O. The zero-order valence-corrected chi connectivity index (χ0v) is 23.2. The Labute approximate surface area is 249 Å². The van der Waals surface area contributed by atoms with Crippen LogP contribution in [0.2, 0.25) is 0 Å². The van der Waals surface area contributed by atoms with Crippen LogP contribution in [0.25, 0.3) is 78.1 Å². The van der Waals surface area contributed by atoms with Gasteiger partial charge in [0.25, 0.3) is 0 Å². The van der Waals surface area contributed by atoms with E-state index in [-0.39, 0.29) is 0 Å². The molecule has 4 nitrogen and oxygen atoms in total. The minimum absolute atomic E-state index is 0.665. The lowest BCUT2D eigenvalue weighted by Crippen LogP contribution is -1.96. The lowest BCUT2D eigenvalue weighted by molar-refractivity contribution is 0.670. The van der Waals surface area contributed by atoms with Crippen LogP contribution in [0.1, 0.15) is 0 Å². The number of hydrogen-bond donors (Lipinski definition) is 0. The number of aromatic nitrogens is 3. The molecule has 0 aliphatic rings. The molecule has 0 saturated heterocycles. The van der Waals surface area contributed by atoms with E-state index in [1.54, 1.807) is 12.4 Å². The SMILES string of the molecule is c1ccc(-c2ccc(-c3cc(-c4ccc(-c5cccc6c5oc5ccccc56)cc4)nc(-c4ccncc4)n3)cc2)cc1. The molecule has 0 saturated carbocycles. The normalized spacial score (nSPS) is 11.3. The van der Waals surface area contributed by atoms with E-state index >= 15 is 0 Å². The molecule has 4 heteroatoms. The highest BCUT2D eigenvalue weighted by atomic mass is 16.3. The van der Waals surface area contributed by atoms with Crippen molar-refractivity contribution in [2.45, 2.75) is 0 Å². The van der Waals surface area contributed by atoms with Crippen LogP contribution in [0.3, 0.4) is 0 Å². The van der Waals surface area contributed by atoms with E-state index in [2.05, 4.69) is 108 Å². The Morgan fingerprint density at radius 2 is 1.00 bits per heavy atom. The van der Waals surface area contributed by atoms with E-state index < -0.39 is 0 Å². The Hall–Kier alpha value is -5.87. The number of furan rings is 1. The number of pyridine rings is 1. The maximum Gasteiger partial charge on any atom is 0.160 e. The van der Waals surface area contributed by atoms with Crippen molar-refractivity contribution >= 4 is 21.9 Å². The predicted octanol–water partition coefficient (Wildman–Crippen LogP) is 10.1. The Bertz CT molecular complexity index is 2200. The van der Waals surface area contributed by atoms with Crippen LogP contribution in [-0.4, -0.2) is 15.0 Å². The molecule has 0 aliphatic carbocycles. The average molecular weight is 552 g/mol. The van der Waals surface area contributed by atoms with E-state index in [1.807, 2.05) is 36.4 Å². The summed E-state index contributed by atoms with van der Waals surface area (Å²) in [5.41, 5.74) is 11.0. The number of hydrogen-bond acceptors (Lipinski definition) is 4. The van der Waals surface area contributed by atoms with Gasteiger partial charge in [-0.15, -0.1) is 0 Å². The van der Waals surface area contributed by atoms with Gasteiger partial charge in [-0.1, -0.05) is 115 Å². The highest BCUT2D eigenvalue weighted by Gasteiger charge is 2.14. The summed E-state index contributed by atoms with van der Waals surface area (Å²) in [6.07, 6.45) is 3.54. The lowest BCUT2D eigenvalue weighted by atomic mass is 9.99.